The standard InChI is InChI=1S/C8H12FN/c1-7(2,9)8(10-3)5-4-6-8/h4-6H2,1-2H3. The lowest BCUT2D eigenvalue weighted by Crippen LogP contribution is -2.49. The Hall–Kier alpha value is -0.580. The van der Waals surface area contributed by atoms with E-state index in [0.29, 0.717) is 0 Å². The molecule has 0 saturated heterocycles. The van der Waals surface area contributed by atoms with Gasteiger partial charge in [-0.15, -0.1) is 0 Å². The Morgan fingerprint density at radius 3 is 2.00 bits per heavy atom. The Balaban J connectivity index is 2.77. The molecule has 0 aliphatic heterocycles. The van der Waals surface area contributed by atoms with Crippen LogP contribution in [0.3, 0.4) is 0 Å². The molecule has 2 heteroatoms. The van der Waals surface area contributed by atoms with Crippen molar-refractivity contribution < 1.29 is 4.39 Å². The lowest BCUT2D eigenvalue weighted by atomic mass is 9.68. The minimum Gasteiger partial charge on any atom is -0.307 e. The molecule has 56 valence electrons. The fraction of sp³-hybridized carbons (Fsp3) is 0.875. The van der Waals surface area contributed by atoms with E-state index in [4.69, 9.17) is 6.57 Å². The van der Waals surface area contributed by atoms with Crippen LogP contribution in [0.15, 0.2) is 0 Å². The minimum absolute atomic E-state index is 0.674. The first-order chi connectivity index (χ1) is 4.52. The largest absolute Gasteiger partial charge is 0.307 e. The van der Waals surface area contributed by atoms with E-state index in [1.807, 2.05) is 0 Å². The predicted molar refractivity (Wildman–Crippen MR) is 38.4 cm³/mol. The van der Waals surface area contributed by atoms with Crippen LogP contribution in [0, 0.1) is 6.57 Å². The second kappa shape index (κ2) is 1.95. The van der Waals surface area contributed by atoms with Crippen molar-refractivity contribution in [1.29, 1.82) is 0 Å². The van der Waals surface area contributed by atoms with Crippen LogP contribution in [0.25, 0.3) is 4.85 Å². The number of nitrogens with zero attached hydrogens (tertiary/aromatic N) is 1. The molecule has 0 aromatic heterocycles. The third-order valence-corrected chi connectivity index (χ3v) is 2.50. The summed E-state index contributed by atoms with van der Waals surface area (Å²) < 4.78 is 13.3. The monoisotopic (exact) mass is 141 g/mol. The molecule has 1 fully saturated rings. The van der Waals surface area contributed by atoms with Gasteiger partial charge >= 0.3 is 0 Å². The number of alkyl halides is 1. The first-order valence-corrected chi connectivity index (χ1v) is 3.59. The molecule has 0 aromatic carbocycles. The van der Waals surface area contributed by atoms with E-state index in [1.165, 1.54) is 13.8 Å². The van der Waals surface area contributed by atoms with Gasteiger partial charge < -0.3 is 4.85 Å². The van der Waals surface area contributed by atoms with Gasteiger partial charge in [-0.3, -0.25) is 0 Å². The summed E-state index contributed by atoms with van der Waals surface area (Å²) in [5, 5.41) is 0. The van der Waals surface area contributed by atoms with Gasteiger partial charge in [0.15, 0.2) is 5.67 Å². The van der Waals surface area contributed by atoms with Crippen molar-refractivity contribution >= 4 is 0 Å². The molecule has 10 heavy (non-hydrogen) atoms. The summed E-state index contributed by atoms with van der Waals surface area (Å²) in [5.41, 5.74) is -1.99. The smallest absolute Gasteiger partial charge is 0.265 e. The summed E-state index contributed by atoms with van der Waals surface area (Å²) in [4.78, 5) is 3.37. The zero-order valence-corrected chi connectivity index (χ0v) is 6.45. The average molecular weight is 141 g/mol. The molecule has 1 nitrogen and oxygen atoms in total. The number of hydrogen-bond acceptors (Lipinski definition) is 0. The van der Waals surface area contributed by atoms with E-state index in [-0.39, 0.29) is 0 Å². The molecule has 1 aliphatic carbocycles. The van der Waals surface area contributed by atoms with Crippen molar-refractivity contribution in [3.63, 3.8) is 0 Å². The molecule has 0 heterocycles. The molecule has 0 unspecified atom stereocenters. The highest BCUT2D eigenvalue weighted by Gasteiger charge is 2.57. The van der Waals surface area contributed by atoms with Gasteiger partial charge in [0.05, 0.1) is 0 Å². The van der Waals surface area contributed by atoms with Crippen LogP contribution in [-0.4, -0.2) is 11.2 Å². The predicted octanol–water partition coefficient (Wildman–Crippen LogP) is 2.58. The molecule has 1 rings (SSSR count). The van der Waals surface area contributed by atoms with Crippen molar-refractivity contribution in [1.82, 2.24) is 0 Å². The summed E-state index contributed by atoms with van der Waals surface area (Å²) in [5.74, 6) is 0. The van der Waals surface area contributed by atoms with E-state index in [0.717, 1.165) is 19.3 Å². The molecule has 0 radical (unpaired) electrons. The maximum Gasteiger partial charge on any atom is 0.265 e. The lowest BCUT2D eigenvalue weighted by molar-refractivity contribution is 0.0641. The fourth-order valence-electron chi connectivity index (χ4n) is 1.35. The molecular formula is C8H12FN. The van der Waals surface area contributed by atoms with E-state index >= 15 is 0 Å². The zero-order chi connectivity index (χ0) is 7.83. The third-order valence-electron chi connectivity index (χ3n) is 2.50. The summed E-state index contributed by atoms with van der Waals surface area (Å²) in [6, 6.07) is 0. The first kappa shape index (κ1) is 7.53. The molecule has 0 spiro atoms. The van der Waals surface area contributed by atoms with Gasteiger partial charge in [0.2, 0.25) is 0 Å². The molecule has 0 aromatic rings. The Morgan fingerprint density at radius 1 is 1.50 bits per heavy atom. The molecule has 1 aliphatic rings. The molecule has 1 saturated carbocycles. The molecule has 0 atom stereocenters. The molecule has 0 N–H and O–H groups in total. The molecule has 0 bridgehead atoms. The minimum atomic E-state index is -1.31. The Kier molecular flexibility index (Phi) is 1.47. The van der Waals surface area contributed by atoms with Crippen LogP contribution in [0.4, 0.5) is 4.39 Å². The second-order valence-corrected chi connectivity index (χ2v) is 3.47. The third kappa shape index (κ3) is 0.811. The SMILES string of the molecule is [C-]#[N+]C1(C(C)(C)F)CCC1. The van der Waals surface area contributed by atoms with Gasteiger partial charge in [0.1, 0.15) is 0 Å². The first-order valence-electron chi connectivity index (χ1n) is 3.59. The maximum atomic E-state index is 13.3. The Labute approximate surface area is 61.1 Å². The maximum absolute atomic E-state index is 13.3. The van der Waals surface area contributed by atoms with Crippen LogP contribution in [0.5, 0.6) is 0 Å². The van der Waals surface area contributed by atoms with Gasteiger partial charge in [0.25, 0.3) is 5.54 Å². The van der Waals surface area contributed by atoms with Crippen LogP contribution >= 0.6 is 0 Å². The Bertz CT molecular complexity index is 169. The van der Waals surface area contributed by atoms with Crippen molar-refractivity contribution in [3.05, 3.63) is 11.4 Å². The van der Waals surface area contributed by atoms with E-state index < -0.39 is 11.2 Å². The van der Waals surface area contributed by atoms with Crippen LogP contribution < -0.4 is 0 Å². The van der Waals surface area contributed by atoms with Crippen LogP contribution in [-0.2, 0) is 0 Å². The molecule has 0 amide bonds. The summed E-state index contributed by atoms with van der Waals surface area (Å²) in [6.07, 6.45) is 2.48. The highest BCUT2D eigenvalue weighted by molar-refractivity contribution is 5.14. The number of hydrogen-bond donors (Lipinski definition) is 0. The van der Waals surface area contributed by atoms with Gasteiger partial charge in [-0.05, 0) is 20.3 Å². The van der Waals surface area contributed by atoms with Crippen LogP contribution in [0.1, 0.15) is 33.1 Å². The van der Waals surface area contributed by atoms with Gasteiger partial charge in [0, 0.05) is 12.8 Å². The van der Waals surface area contributed by atoms with E-state index in [1.54, 1.807) is 0 Å². The van der Waals surface area contributed by atoms with Crippen molar-refractivity contribution in [2.45, 2.75) is 44.3 Å². The highest BCUT2D eigenvalue weighted by Crippen LogP contribution is 2.46. The lowest BCUT2D eigenvalue weighted by Gasteiger charge is -2.37. The molecular weight excluding hydrogens is 129 g/mol. The topological polar surface area (TPSA) is 4.36 Å². The van der Waals surface area contributed by atoms with E-state index in [9.17, 15) is 4.39 Å². The quantitative estimate of drug-likeness (QED) is 0.494. The van der Waals surface area contributed by atoms with Crippen molar-refractivity contribution in [2.24, 2.45) is 0 Å². The van der Waals surface area contributed by atoms with Gasteiger partial charge in [-0.1, -0.05) is 0 Å². The summed E-state index contributed by atoms with van der Waals surface area (Å²) in [7, 11) is 0. The highest BCUT2D eigenvalue weighted by atomic mass is 19.1. The average Bonchev–Trinajstić information content (AvgIpc) is 1.58. The van der Waals surface area contributed by atoms with Crippen molar-refractivity contribution in [2.75, 3.05) is 0 Å². The van der Waals surface area contributed by atoms with Gasteiger partial charge in [-0.25, -0.2) is 11.0 Å². The number of halogens is 1. The zero-order valence-electron chi connectivity index (χ0n) is 6.45. The summed E-state index contributed by atoms with van der Waals surface area (Å²) in [6.45, 7) is 9.86. The number of rotatable bonds is 1. The normalized spacial score (nSPS) is 23.0. The van der Waals surface area contributed by atoms with Gasteiger partial charge in [-0.2, -0.15) is 0 Å². The second-order valence-electron chi connectivity index (χ2n) is 3.47. The van der Waals surface area contributed by atoms with Crippen molar-refractivity contribution in [3.8, 4) is 0 Å². The fourth-order valence-corrected chi connectivity index (χ4v) is 1.35. The van der Waals surface area contributed by atoms with Crippen LogP contribution in [0.2, 0.25) is 0 Å². The van der Waals surface area contributed by atoms with E-state index in [2.05, 4.69) is 4.85 Å². The Morgan fingerprint density at radius 2 is 2.00 bits per heavy atom. The summed E-state index contributed by atoms with van der Waals surface area (Å²) >= 11 is 0.